The summed E-state index contributed by atoms with van der Waals surface area (Å²) in [5.74, 6) is 1.33. The van der Waals surface area contributed by atoms with Crippen LogP contribution < -0.4 is 0 Å². The Hall–Kier alpha value is -1.70. The van der Waals surface area contributed by atoms with E-state index in [1.54, 1.807) is 0 Å². The first-order valence-electron chi connectivity index (χ1n) is 7.60. The van der Waals surface area contributed by atoms with Gasteiger partial charge in [-0.15, -0.1) is 0 Å². The summed E-state index contributed by atoms with van der Waals surface area (Å²) in [6.07, 6.45) is 5.09. The van der Waals surface area contributed by atoms with Gasteiger partial charge < -0.3 is 0 Å². The molecule has 0 aliphatic heterocycles. The molecule has 0 bridgehead atoms. The fraction of sp³-hybridized carbons (Fsp3) is 0.444. The van der Waals surface area contributed by atoms with Crippen LogP contribution in [-0.2, 0) is 11.2 Å². The summed E-state index contributed by atoms with van der Waals surface area (Å²) in [5, 5.41) is 1.13. The SMILES string of the molecule is CC1CCCC(C(=O)Cc2ccc3ccccc3n2)C1. The van der Waals surface area contributed by atoms with Crippen LogP contribution in [0.1, 0.15) is 38.3 Å². The Kier molecular flexibility index (Phi) is 3.81. The van der Waals surface area contributed by atoms with Crippen molar-refractivity contribution in [3.05, 3.63) is 42.1 Å². The van der Waals surface area contributed by atoms with Crippen molar-refractivity contribution in [3.8, 4) is 0 Å². The second-order valence-corrected chi connectivity index (χ2v) is 6.11. The Labute approximate surface area is 120 Å². The van der Waals surface area contributed by atoms with Gasteiger partial charge >= 0.3 is 0 Å². The van der Waals surface area contributed by atoms with Crippen LogP contribution >= 0.6 is 0 Å². The zero-order chi connectivity index (χ0) is 13.9. The molecule has 2 aromatic rings. The summed E-state index contributed by atoms with van der Waals surface area (Å²) in [4.78, 5) is 17.0. The molecule has 0 radical (unpaired) electrons. The van der Waals surface area contributed by atoms with Crippen molar-refractivity contribution in [3.63, 3.8) is 0 Å². The molecule has 2 unspecified atom stereocenters. The number of aromatic nitrogens is 1. The van der Waals surface area contributed by atoms with E-state index in [1.165, 1.54) is 12.8 Å². The molecule has 0 spiro atoms. The summed E-state index contributed by atoms with van der Waals surface area (Å²) in [6, 6.07) is 12.1. The molecule has 104 valence electrons. The lowest BCUT2D eigenvalue weighted by molar-refractivity contribution is -0.123. The third kappa shape index (κ3) is 2.90. The lowest BCUT2D eigenvalue weighted by atomic mass is 9.79. The Morgan fingerprint density at radius 3 is 2.90 bits per heavy atom. The average molecular weight is 267 g/mol. The number of hydrogen-bond acceptors (Lipinski definition) is 2. The molecular weight excluding hydrogens is 246 g/mol. The van der Waals surface area contributed by atoms with Gasteiger partial charge in [-0.3, -0.25) is 9.78 Å². The van der Waals surface area contributed by atoms with Gasteiger partial charge in [-0.05, 0) is 30.9 Å². The molecule has 1 aliphatic carbocycles. The van der Waals surface area contributed by atoms with Crippen LogP contribution in [0.3, 0.4) is 0 Å². The number of rotatable bonds is 3. The number of hydrogen-bond donors (Lipinski definition) is 0. The van der Waals surface area contributed by atoms with Crippen LogP contribution in [0.4, 0.5) is 0 Å². The van der Waals surface area contributed by atoms with E-state index in [1.807, 2.05) is 24.3 Å². The van der Waals surface area contributed by atoms with Crippen LogP contribution in [0.25, 0.3) is 10.9 Å². The summed E-state index contributed by atoms with van der Waals surface area (Å²) >= 11 is 0. The van der Waals surface area contributed by atoms with E-state index >= 15 is 0 Å². The smallest absolute Gasteiger partial charge is 0.141 e. The third-order valence-corrected chi connectivity index (χ3v) is 4.40. The van der Waals surface area contributed by atoms with E-state index < -0.39 is 0 Å². The molecule has 2 nitrogen and oxygen atoms in total. The summed E-state index contributed by atoms with van der Waals surface area (Å²) < 4.78 is 0. The van der Waals surface area contributed by atoms with E-state index in [-0.39, 0.29) is 5.92 Å². The van der Waals surface area contributed by atoms with E-state index in [9.17, 15) is 4.79 Å². The second-order valence-electron chi connectivity index (χ2n) is 6.11. The highest BCUT2D eigenvalue weighted by Crippen LogP contribution is 2.29. The Morgan fingerprint density at radius 2 is 2.05 bits per heavy atom. The normalized spacial score (nSPS) is 22.9. The third-order valence-electron chi connectivity index (χ3n) is 4.40. The van der Waals surface area contributed by atoms with Gasteiger partial charge in [0.25, 0.3) is 0 Å². The van der Waals surface area contributed by atoms with E-state index in [0.29, 0.717) is 18.1 Å². The Morgan fingerprint density at radius 1 is 1.20 bits per heavy atom. The lowest BCUT2D eigenvalue weighted by Gasteiger charge is -2.25. The van der Waals surface area contributed by atoms with Gasteiger partial charge in [0.05, 0.1) is 5.52 Å². The molecule has 0 N–H and O–H groups in total. The number of nitrogens with zero attached hydrogens (tertiary/aromatic N) is 1. The molecule has 1 saturated carbocycles. The molecule has 2 heteroatoms. The summed E-state index contributed by atoms with van der Waals surface area (Å²) in [7, 11) is 0. The molecule has 1 fully saturated rings. The zero-order valence-electron chi connectivity index (χ0n) is 12.0. The molecule has 1 aliphatic rings. The minimum Gasteiger partial charge on any atom is -0.299 e. The number of para-hydroxylation sites is 1. The first-order chi connectivity index (χ1) is 9.72. The number of carbonyl (C=O) groups excluding carboxylic acids is 1. The number of ketones is 1. The molecule has 20 heavy (non-hydrogen) atoms. The van der Waals surface area contributed by atoms with Gasteiger partial charge in [-0.25, -0.2) is 0 Å². The highest BCUT2D eigenvalue weighted by atomic mass is 16.1. The van der Waals surface area contributed by atoms with Crippen molar-refractivity contribution in [2.45, 2.75) is 39.0 Å². The highest BCUT2D eigenvalue weighted by Gasteiger charge is 2.25. The van der Waals surface area contributed by atoms with E-state index in [0.717, 1.165) is 29.4 Å². The molecular formula is C18H21NO. The highest BCUT2D eigenvalue weighted by molar-refractivity contribution is 5.84. The first-order valence-corrected chi connectivity index (χ1v) is 7.60. The molecule has 1 heterocycles. The fourth-order valence-corrected chi connectivity index (χ4v) is 3.26. The monoisotopic (exact) mass is 267 g/mol. The summed E-state index contributed by atoms with van der Waals surface area (Å²) in [6.45, 7) is 2.26. The lowest BCUT2D eigenvalue weighted by Crippen LogP contribution is -2.23. The van der Waals surface area contributed by atoms with Crippen molar-refractivity contribution < 1.29 is 4.79 Å². The minimum atomic E-state index is 0.257. The van der Waals surface area contributed by atoms with Crippen LogP contribution in [0.15, 0.2) is 36.4 Å². The van der Waals surface area contributed by atoms with Crippen molar-refractivity contribution in [1.82, 2.24) is 4.98 Å². The van der Waals surface area contributed by atoms with E-state index in [4.69, 9.17) is 0 Å². The Bertz CT molecular complexity index is 620. The second kappa shape index (κ2) is 5.74. The maximum atomic E-state index is 12.4. The predicted octanol–water partition coefficient (Wildman–Crippen LogP) is 4.17. The standard InChI is InChI=1S/C18H21NO/c1-13-5-4-7-15(11-13)18(20)12-16-10-9-14-6-2-3-8-17(14)19-16/h2-3,6,8-10,13,15H,4-5,7,11-12H2,1H3. The van der Waals surface area contributed by atoms with Gasteiger partial charge in [-0.2, -0.15) is 0 Å². The first kappa shape index (κ1) is 13.3. The van der Waals surface area contributed by atoms with Crippen molar-refractivity contribution in [2.24, 2.45) is 11.8 Å². The van der Waals surface area contributed by atoms with Crippen molar-refractivity contribution >= 4 is 16.7 Å². The molecule has 2 atom stereocenters. The quantitative estimate of drug-likeness (QED) is 0.835. The molecule has 1 aromatic heterocycles. The number of fused-ring (bicyclic) bond motifs is 1. The van der Waals surface area contributed by atoms with Crippen LogP contribution in [0.5, 0.6) is 0 Å². The molecule has 3 rings (SSSR count). The predicted molar refractivity (Wildman–Crippen MR) is 81.6 cm³/mol. The van der Waals surface area contributed by atoms with Gasteiger partial charge in [0.15, 0.2) is 0 Å². The van der Waals surface area contributed by atoms with E-state index in [2.05, 4.69) is 24.0 Å². The number of carbonyl (C=O) groups is 1. The molecule has 1 aromatic carbocycles. The Balaban J connectivity index is 1.73. The number of benzene rings is 1. The van der Waals surface area contributed by atoms with Gasteiger partial charge in [0.2, 0.25) is 0 Å². The zero-order valence-corrected chi connectivity index (χ0v) is 12.0. The van der Waals surface area contributed by atoms with Crippen LogP contribution in [0, 0.1) is 11.8 Å². The molecule has 0 amide bonds. The number of pyridine rings is 1. The molecule has 0 saturated heterocycles. The largest absolute Gasteiger partial charge is 0.299 e. The van der Waals surface area contributed by atoms with Gasteiger partial charge in [0.1, 0.15) is 5.78 Å². The average Bonchev–Trinajstić information content (AvgIpc) is 2.47. The van der Waals surface area contributed by atoms with Crippen molar-refractivity contribution in [2.75, 3.05) is 0 Å². The van der Waals surface area contributed by atoms with Crippen LogP contribution in [0.2, 0.25) is 0 Å². The van der Waals surface area contributed by atoms with Crippen LogP contribution in [-0.4, -0.2) is 10.8 Å². The fourth-order valence-electron chi connectivity index (χ4n) is 3.26. The maximum Gasteiger partial charge on any atom is 0.141 e. The summed E-state index contributed by atoms with van der Waals surface area (Å²) in [5.41, 5.74) is 1.89. The maximum absolute atomic E-state index is 12.4. The van der Waals surface area contributed by atoms with Gasteiger partial charge in [-0.1, -0.05) is 44.0 Å². The number of Topliss-reactive ketones (excluding diaryl/α,β-unsaturated/α-hetero) is 1. The van der Waals surface area contributed by atoms with Gasteiger partial charge in [0, 0.05) is 23.4 Å². The topological polar surface area (TPSA) is 30.0 Å². The van der Waals surface area contributed by atoms with Crippen molar-refractivity contribution in [1.29, 1.82) is 0 Å². The minimum absolute atomic E-state index is 0.257.